The highest BCUT2D eigenvalue weighted by atomic mass is 19.1. The van der Waals surface area contributed by atoms with Crippen molar-refractivity contribution in [1.29, 1.82) is 0 Å². The van der Waals surface area contributed by atoms with Crippen molar-refractivity contribution in [3.63, 3.8) is 0 Å². The van der Waals surface area contributed by atoms with Gasteiger partial charge in [-0.25, -0.2) is 4.39 Å². The molecule has 1 aliphatic heterocycles. The van der Waals surface area contributed by atoms with Crippen molar-refractivity contribution in [1.82, 2.24) is 15.2 Å². The van der Waals surface area contributed by atoms with Crippen LogP contribution < -0.4 is 5.32 Å². The van der Waals surface area contributed by atoms with Gasteiger partial charge in [-0.3, -0.25) is 9.88 Å². The Labute approximate surface area is 129 Å². The van der Waals surface area contributed by atoms with Gasteiger partial charge in [0, 0.05) is 37.9 Å². The van der Waals surface area contributed by atoms with Gasteiger partial charge in [-0.05, 0) is 36.8 Å². The van der Waals surface area contributed by atoms with Gasteiger partial charge in [0.15, 0.2) is 0 Å². The van der Waals surface area contributed by atoms with E-state index in [1.807, 2.05) is 13.0 Å². The van der Waals surface area contributed by atoms with E-state index in [2.05, 4.69) is 15.2 Å². The Morgan fingerprint density at radius 3 is 3.05 bits per heavy atom. The lowest BCUT2D eigenvalue weighted by atomic mass is 10.0. The fraction of sp³-hybridized carbons (Fsp3) is 0.353. The van der Waals surface area contributed by atoms with E-state index in [0.717, 1.165) is 30.9 Å². The first kappa shape index (κ1) is 14.9. The minimum Gasteiger partial charge on any atom is -0.506 e. The molecule has 116 valence electrons. The molecule has 1 fully saturated rings. The van der Waals surface area contributed by atoms with E-state index < -0.39 is 0 Å². The largest absolute Gasteiger partial charge is 0.506 e. The Morgan fingerprint density at radius 2 is 2.23 bits per heavy atom. The number of halogens is 1. The van der Waals surface area contributed by atoms with Crippen LogP contribution in [-0.4, -0.2) is 34.6 Å². The maximum absolute atomic E-state index is 13.5. The molecule has 1 aliphatic rings. The fourth-order valence-electron chi connectivity index (χ4n) is 2.89. The van der Waals surface area contributed by atoms with Gasteiger partial charge in [0.05, 0.1) is 5.69 Å². The van der Waals surface area contributed by atoms with E-state index in [4.69, 9.17) is 0 Å². The minimum atomic E-state index is -0.223. The summed E-state index contributed by atoms with van der Waals surface area (Å²) in [5.74, 6) is -0.0123. The van der Waals surface area contributed by atoms with Crippen LogP contribution in [0.1, 0.15) is 23.0 Å². The number of piperazine rings is 1. The minimum absolute atomic E-state index is 0.0752. The molecule has 4 nitrogen and oxygen atoms in total. The molecule has 0 radical (unpaired) electrons. The maximum atomic E-state index is 13.5. The van der Waals surface area contributed by atoms with Crippen LogP contribution in [0.5, 0.6) is 5.75 Å². The molecular formula is C17H20FN3O. The summed E-state index contributed by atoms with van der Waals surface area (Å²) in [5.41, 5.74) is 2.49. The van der Waals surface area contributed by atoms with Gasteiger partial charge in [-0.1, -0.05) is 12.1 Å². The third-order valence-electron chi connectivity index (χ3n) is 4.03. The Morgan fingerprint density at radius 1 is 1.36 bits per heavy atom. The smallest absolute Gasteiger partial charge is 0.138 e. The number of hydrogen-bond acceptors (Lipinski definition) is 4. The van der Waals surface area contributed by atoms with Crippen LogP contribution >= 0.6 is 0 Å². The highest BCUT2D eigenvalue weighted by Gasteiger charge is 2.25. The summed E-state index contributed by atoms with van der Waals surface area (Å²) in [6.45, 7) is 4.92. The second-order valence-corrected chi connectivity index (χ2v) is 5.66. The normalized spacial score (nSPS) is 19.3. The summed E-state index contributed by atoms with van der Waals surface area (Å²) < 4.78 is 13.5. The Balaban J connectivity index is 1.85. The molecule has 3 rings (SSSR count). The van der Waals surface area contributed by atoms with Gasteiger partial charge in [-0.2, -0.15) is 0 Å². The Hall–Kier alpha value is -1.98. The van der Waals surface area contributed by atoms with Crippen LogP contribution in [0.3, 0.4) is 0 Å². The predicted octanol–water partition coefficient (Wildman–Crippen LogP) is 2.38. The fourth-order valence-corrected chi connectivity index (χ4v) is 2.89. The summed E-state index contributed by atoms with van der Waals surface area (Å²) in [5, 5.41) is 13.3. The van der Waals surface area contributed by atoms with E-state index in [-0.39, 0.29) is 17.6 Å². The second kappa shape index (κ2) is 6.42. The van der Waals surface area contributed by atoms with Crippen molar-refractivity contribution < 1.29 is 9.50 Å². The first-order valence-corrected chi connectivity index (χ1v) is 7.49. The van der Waals surface area contributed by atoms with Crippen LogP contribution in [0.4, 0.5) is 4.39 Å². The van der Waals surface area contributed by atoms with Gasteiger partial charge in [0.2, 0.25) is 0 Å². The standard InChI is InChI=1S/C17H20FN3O/c1-12-5-6-17(22)15(20-12)11-21-8-7-19-10-16(21)13-3-2-4-14(18)9-13/h2-6,9,16,19,22H,7-8,10-11H2,1H3. The number of pyridine rings is 1. The predicted molar refractivity (Wildman–Crippen MR) is 83.1 cm³/mol. The highest BCUT2D eigenvalue weighted by Crippen LogP contribution is 2.26. The maximum Gasteiger partial charge on any atom is 0.138 e. The molecular weight excluding hydrogens is 281 g/mol. The van der Waals surface area contributed by atoms with Crippen molar-refractivity contribution in [2.75, 3.05) is 19.6 Å². The summed E-state index contributed by atoms with van der Waals surface area (Å²) in [7, 11) is 0. The first-order valence-electron chi connectivity index (χ1n) is 7.49. The molecule has 2 N–H and O–H groups in total. The van der Waals surface area contributed by atoms with Crippen molar-refractivity contribution in [3.8, 4) is 5.75 Å². The average molecular weight is 301 g/mol. The highest BCUT2D eigenvalue weighted by molar-refractivity contribution is 5.28. The van der Waals surface area contributed by atoms with Gasteiger partial charge >= 0.3 is 0 Å². The monoisotopic (exact) mass is 301 g/mol. The number of hydrogen-bond donors (Lipinski definition) is 2. The third kappa shape index (κ3) is 3.26. The lowest BCUT2D eigenvalue weighted by Gasteiger charge is -2.36. The second-order valence-electron chi connectivity index (χ2n) is 5.66. The molecule has 1 atom stereocenters. The quantitative estimate of drug-likeness (QED) is 0.914. The van der Waals surface area contributed by atoms with E-state index in [0.29, 0.717) is 12.2 Å². The van der Waals surface area contributed by atoms with Crippen molar-refractivity contribution >= 4 is 0 Å². The van der Waals surface area contributed by atoms with Crippen molar-refractivity contribution in [2.24, 2.45) is 0 Å². The molecule has 1 aromatic heterocycles. The Kier molecular flexibility index (Phi) is 4.36. The van der Waals surface area contributed by atoms with Gasteiger partial charge < -0.3 is 10.4 Å². The zero-order valence-electron chi connectivity index (χ0n) is 12.6. The van der Waals surface area contributed by atoms with Crippen LogP contribution in [-0.2, 0) is 6.54 Å². The van der Waals surface area contributed by atoms with E-state index in [9.17, 15) is 9.50 Å². The van der Waals surface area contributed by atoms with Crippen LogP contribution in [0, 0.1) is 12.7 Å². The van der Waals surface area contributed by atoms with Crippen molar-refractivity contribution in [2.45, 2.75) is 19.5 Å². The SMILES string of the molecule is Cc1ccc(O)c(CN2CCNCC2c2cccc(F)c2)n1. The molecule has 1 saturated heterocycles. The summed E-state index contributed by atoms with van der Waals surface area (Å²) >= 11 is 0. The van der Waals surface area contributed by atoms with E-state index in [1.54, 1.807) is 24.3 Å². The molecule has 1 unspecified atom stereocenters. The van der Waals surface area contributed by atoms with Gasteiger partial charge in [0.1, 0.15) is 11.6 Å². The molecule has 2 aromatic rings. The number of aromatic nitrogens is 1. The number of nitrogens with zero attached hydrogens (tertiary/aromatic N) is 2. The van der Waals surface area contributed by atoms with Crippen molar-refractivity contribution in [3.05, 3.63) is 59.2 Å². The Bertz CT molecular complexity index is 662. The zero-order chi connectivity index (χ0) is 15.5. The number of aromatic hydroxyl groups is 1. The first-order chi connectivity index (χ1) is 10.6. The number of rotatable bonds is 3. The van der Waals surface area contributed by atoms with E-state index in [1.165, 1.54) is 6.07 Å². The van der Waals surface area contributed by atoms with Crippen LogP contribution in [0.15, 0.2) is 36.4 Å². The summed E-state index contributed by atoms with van der Waals surface area (Å²) in [4.78, 5) is 6.66. The zero-order valence-corrected chi connectivity index (χ0v) is 12.6. The lowest BCUT2D eigenvalue weighted by Crippen LogP contribution is -2.45. The third-order valence-corrected chi connectivity index (χ3v) is 4.03. The molecule has 22 heavy (non-hydrogen) atoms. The van der Waals surface area contributed by atoms with Crippen LogP contribution in [0.25, 0.3) is 0 Å². The molecule has 5 heteroatoms. The topological polar surface area (TPSA) is 48.4 Å². The number of nitrogens with one attached hydrogen (secondary N) is 1. The van der Waals surface area contributed by atoms with Gasteiger partial charge in [-0.15, -0.1) is 0 Å². The molecule has 0 spiro atoms. The summed E-state index contributed by atoms with van der Waals surface area (Å²) in [6.07, 6.45) is 0. The molecule has 0 aliphatic carbocycles. The molecule has 0 amide bonds. The summed E-state index contributed by atoms with van der Waals surface area (Å²) in [6, 6.07) is 10.3. The number of benzene rings is 1. The molecule has 2 heterocycles. The average Bonchev–Trinajstić information content (AvgIpc) is 2.51. The van der Waals surface area contributed by atoms with E-state index >= 15 is 0 Å². The van der Waals surface area contributed by atoms with Gasteiger partial charge in [0.25, 0.3) is 0 Å². The molecule has 0 saturated carbocycles. The number of aryl methyl sites for hydroxylation is 1. The molecule has 1 aromatic carbocycles. The molecule has 0 bridgehead atoms. The lowest BCUT2D eigenvalue weighted by molar-refractivity contribution is 0.150. The van der Waals surface area contributed by atoms with Crippen LogP contribution in [0.2, 0.25) is 0 Å².